The van der Waals surface area contributed by atoms with E-state index < -0.39 is 0 Å². The molecule has 3 heterocycles. The standard InChI is InChI=1S/C18H21N3O2S2/c1-18(2,3)16(13-5-4-9-25-13)19-14(22)6-7-15-20-17(21-23-15)12-8-10-24-11-12/h4-5,8-11,16H,6-7H2,1-3H3,(H,19,22). The van der Waals surface area contributed by atoms with E-state index in [-0.39, 0.29) is 17.4 Å². The lowest BCUT2D eigenvalue weighted by atomic mass is 9.85. The van der Waals surface area contributed by atoms with Crippen LogP contribution in [0.25, 0.3) is 11.4 Å². The summed E-state index contributed by atoms with van der Waals surface area (Å²) < 4.78 is 5.25. The molecule has 3 aromatic heterocycles. The molecule has 0 bridgehead atoms. The second kappa shape index (κ2) is 7.49. The lowest BCUT2D eigenvalue weighted by Crippen LogP contribution is -2.36. The Morgan fingerprint density at radius 3 is 2.80 bits per heavy atom. The second-order valence-corrected chi connectivity index (χ2v) is 8.67. The number of aryl methyl sites for hydroxylation is 1. The molecular formula is C18H21N3O2S2. The van der Waals surface area contributed by atoms with E-state index in [0.717, 1.165) is 5.56 Å². The summed E-state index contributed by atoms with van der Waals surface area (Å²) in [6.45, 7) is 6.38. The van der Waals surface area contributed by atoms with Gasteiger partial charge in [0.2, 0.25) is 17.6 Å². The van der Waals surface area contributed by atoms with Gasteiger partial charge in [-0.2, -0.15) is 16.3 Å². The number of thiophene rings is 2. The molecule has 0 radical (unpaired) electrons. The molecule has 1 atom stereocenters. The van der Waals surface area contributed by atoms with E-state index in [4.69, 9.17) is 4.52 Å². The van der Waals surface area contributed by atoms with Crippen LogP contribution in [0.2, 0.25) is 0 Å². The first-order valence-electron chi connectivity index (χ1n) is 8.11. The quantitative estimate of drug-likeness (QED) is 0.678. The van der Waals surface area contributed by atoms with Crippen molar-refractivity contribution in [2.75, 3.05) is 0 Å². The second-order valence-electron chi connectivity index (χ2n) is 6.91. The van der Waals surface area contributed by atoms with Gasteiger partial charge in [-0.1, -0.05) is 32.0 Å². The molecule has 3 aromatic rings. The topological polar surface area (TPSA) is 68.0 Å². The maximum absolute atomic E-state index is 12.4. The van der Waals surface area contributed by atoms with E-state index in [1.807, 2.05) is 28.3 Å². The van der Waals surface area contributed by atoms with Crippen molar-refractivity contribution >= 4 is 28.6 Å². The summed E-state index contributed by atoms with van der Waals surface area (Å²) in [5, 5.41) is 13.1. The summed E-state index contributed by atoms with van der Waals surface area (Å²) >= 11 is 3.25. The van der Waals surface area contributed by atoms with E-state index in [1.54, 1.807) is 22.7 Å². The molecule has 0 fully saturated rings. The van der Waals surface area contributed by atoms with Crippen LogP contribution in [0, 0.1) is 5.41 Å². The third-order valence-corrected chi connectivity index (χ3v) is 5.43. The van der Waals surface area contributed by atoms with Gasteiger partial charge in [-0.25, -0.2) is 0 Å². The maximum atomic E-state index is 12.4. The molecule has 0 spiro atoms. The summed E-state index contributed by atoms with van der Waals surface area (Å²) in [7, 11) is 0. The number of amides is 1. The van der Waals surface area contributed by atoms with Crippen LogP contribution < -0.4 is 5.32 Å². The van der Waals surface area contributed by atoms with Gasteiger partial charge in [0.1, 0.15) is 0 Å². The predicted octanol–water partition coefficient (Wildman–Crippen LogP) is 4.70. The Bertz CT molecular complexity index is 802. The highest BCUT2D eigenvalue weighted by atomic mass is 32.1. The third-order valence-electron chi connectivity index (χ3n) is 3.81. The first kappa shape index (κ1) is 17.8. The Labute approximate surface area is 155 Å². The van der Waals surface area contributed by atoms with Crippen LogP contribution in [0.15, 0.2) is 38.9 Å². The maximum Gasteiger partial charge on any atom is 0.227 e. The molecule has 0 aromatic carbocycles. The van der Waals surface area contributed by atoms with Crippen molar-refractivity contribution in [1.82, 2.24) is 15.5 Å². The highest BCUT2D eigenvalue weighted by Crippen LogP contribution is 2.35. The Hall–Kier alpha value is -1.99. The minimum Gasteiger partial charge on any atom is -0.348 e. The fraction of sp³-hybridized carbons (Fsp3) is 0.389. The van der Waals surface area contributed by atoms with Crippen LogP contribution in [-0.4, -0.2) is 16.0 Å². The molecule has 1 amide bonds. The number of aromatic nitrogens is 2. The van der Waals surface area contributed by atoms with Crippen LogP contribution in [0.3, 0.4) is 0 Å². The summed E-state index contributed by atoms with van der Waals surface area (Å²) in [4.78, 5) is 17.9. The lowest BCUT2D eigenvalue weighted by Gasteiger charge is -2.30. The van der Waals surface area contributed by atoms with Gasteiger partial charge in [0, 0.05) is 28.7 Å². The third kappa shape index (κ3) is 4.55. The van der Waals surface area contributed by atoms with Crippen molar-refractivity contribution in [3.63, 3.8) is 0 Å². The van der Waals surface area contributed by atoms with Gasteiger partial charge >= 0.3 is 0 Å². The number of carbonyl (C=O) groups is 1. The molecule has 0 aliphatic rings. The van der Waals surface area contributed by atoms with Crippen molar-refractivity contribution in [3.8, 4) is 11.4 Å². The van der Waals surface area contributed by atoms with Gasteiger partial charge in [0.15, 0.2) is 0 Å². The number of carbonyl (C=O) groups excluding carboxylic acids is 1. The highest BCUT2D eigenvalue weighted by molar-refractivity contribution is 7.10. The first-order chi connectivity index (χ1) is 11.9. The van der Waals surface area contributed by atoms with Gasteiger partial charge in [0.05, 0.1) is 6.04 Å². The van der Waals surface area contributed by atoms with E-state index in [1.165, 1.54) is 4.88 Å². The van der Waals surface area contributed by atoms with E-state index in [0.29, 0.717) is 24.6 Å². The van der Waals surface area contributed by atoms with Crippen molar-refractivity contribution in [2.24, 2.45) is 5.41 Å². The van der Waals surface area contributed by atoms with E-state index in [9.17, 15) is 4.79 Å². The number of nitrogens with one attached hydrogen (secondary N) is 1. The smallest absolute Gasteiger partial charge is 0.227 e. The molecule has 7 heteroatoms. The SMILES string of the molecule is CC(C)(C)C(NC(=O)CCc1nc(-c2ccsc2)no1)c1cccs1. The molecule has 5 nitrogen and oxygen atoms in total. The zero-order valence-corrected chi connectivity index (χ0v) is 16.1. The largest absolute Gasteiger partial charge is 0.348 e. The van der Waals surface area contributed by atoms with Crippen LogP contribution >= 0.6 is 22.7 Å². The molecule has 1 N–H and O–H groups in total. The number of rotatable bonds is 6. The van der Waals surface area contributed by atoms with Gasteiger partial charge in [0.25, 0.3) is 0 Å². The van der Waals surface area contributed by atoms with Crippen molar-refractivity contribution in [3.05, 3.63) is 45.1 Å². The normalized spacial score (nSPS) is 12.9. The number of nitrogens with zero attached hydrogens (tertiary/aromatic N) is 2. The average Bonchev–Trinajstić information content (AvgIpc) is 3.31. The number of hydrogen-bond donors (Lipinski definition) is 1. The van der Waals surface area contributed by atoms with Crippen LogP contribution in [0.4, 0.5) is 0 Å². The zero-order chi connectivity index (χ0) is 17.9. The Morgan fingerprint density at radius 1 is 1.32 bits per heavy atom. The highest BCUT2D eigenvalue weighted by Gasteiger charge is 2.28. The first-order valence-corrected chi connectivity index (χ1v) is 9.93. The van der Waals surface area contributed by atoms with Crippen LogP contribution in [-0.2, 0) is 11.2 Å². The molecule has 132 valence electrons. The van der Waals surface area contributed by atoms with E-state index >= 15 is 0 Å². The monoisotopic (exact) mass is 375 g/mol. The van der Waals surface area contributed by atoms with Crippen LogP contribution in [0.5, 0.6) is 0 Å². The minimum atomic E-state index is -0.0584. The molecule has 25 heavy (non-hydrogen) atoms. The molecule has 3 rings (SSSR count). The molecule has 0 aliphatic heterocycles. The molecule has 0 aliphatic carbocycles. The summed E-state index contributed by atoms with van der Waals surface area (Å²) in [5.41, 5.74) is 0.881. The summed E-state index contributed by atoms with van der Waals surface area (Å²) in [6.07, 6.45) is 0.757. The average molecular weight is 376 g/mol. The molecular weight excluding hydrogens is 354 g/mol. The fourth-order valence-electron chi connectivity index (χ4n) is 2.49. The molecule has 0 saturated heterocycles. The molecule has 0 saturated carbocycles. The lowest BCUT2D eigenvalue weighted by molar-refractivity contribution is -0.122. The van der Waals surface area contributed by atoms with Crippen molar-refractivity contribution < 1.29 is 9.32 Å². The Balaban J connectivity index is 1.59. The summed E-state index contributed by atoms with van der Waals surface area (Å²) in [6, 6.07) is 6.01. The molecule has 1 unspecified atom stereocenters. The predicted molar refractivity (Wildman–Crippen MR) is 101 cm³/mol. The Morgan fingerprint density at radius 2 is 2.16 bits per heavy atom. The van der Waals surface area contributed by atoms with Crippen LogP contribution in [0.1, 0.15) is 44.0 Å². The number of hydrogen-bond acceptors (Lipinski definition) is 6. The zero-order valence-electron chi connectivity index (χ0n) is 14.5. The van der Waals surface area contributed by atoms with Gasteiger partial charge in [-0.15, -0.1) is 11.3 Å². The Kier molecular flexibility index (Phi) is 5.34. The van der Waals surface area contributed by atoms with Gasteiger partial charge in [-0.05, 0) is 28.3 Å². The minimum absolute atomic E-state index is 0.0101. The summed E-state index contributed by atoms with van der Waals surface area (Å²) in [5.74, 6) is 1.05. The van der Waals surface area contributed by atoms with E-state index in [2.05, 4.69) is 42.3 Å². The van der Waals surface area contributed by atoms with Gasteiger partial charge in [-0.3, -0.25) is 4.79 Å². The van der Waals surface area contributed by atoms with Gasteiger partial charge < -0.3 is 9.84 Å². The van der Waals surface area contributed by atoms with Crippen molar-refractivity contribution in [1.29, 1.82) is 0 Å². The fourth-order valence-corrected chi connectivity index (χ4v) is 4.14. The van der Waals surface area contributed by atoms with Crippen molar-refractivity contribution in [2.45, 2.75) is 39.7 Å².